The largest absolute Gasteiger partial charge is 0.334 e. The predicted molar refractivity (Wildman–Crippen MR) is 90.8 cm³/mol. The number of fused-ring (bicyclic) bond motifs is 1. The lowest BCUT2D eigenvalue weighted by molar-refractivity contribution is -0.144. The van der Waals surface area contributed by atoms with Crippen molar-refractivity contribution in [3.63, 3.8) is 0 Å². The van der Waals surface area contributed by atoms with Gasteiger partial charge in [0, 0.05) is 17.8 Å². The maximum Gasteiger partial charge on any atom is 0.334 e. The van der Waals surface area contributed by atoms with Crippen molar-refractivity contribution in [1.29, 1.82) is 0 Å². The number of nitrogens with zero attached hydrogens (tertiary/aromatic N) is 3. The van der Waals surface area contributed by atoms with E-state index in [2.05, 4.69) is 0 Å². The fourth-order valence-electron chi connectivity index (χ4n) is 3.40. The third-order valence-corrected chi connectivity index (χ3v) is 4.69. The summed E-state index contributed by atoms with van der Waals surface area (Å²) in [5.41, 5.74) is 1.87. The Balaban J connectivity index is 1.84. The number of para-hydroxylation sites is 1. The van der Waals surface area contributed by atoms with Crippen LogP contribution in [-0.2, 0) is 20.8 Å². The summed E-state index contributed by atoms with van der Waals surface area (Å²) in [6, 6.07) is 6.42. The quantitative estimate of drug-likeness (QED) is 0.616. The van der Waals surface area contributed by atoms with Crippen LogP contribution >= 0.6 is 0 Å². The fraction of sp³-hybridized carbons (Fsp3) is 0.444. The van der Waals surface area contributed by atoms with Gasteiger partial charge in [0.15, 0.2) is 0 Å². The molecule has 2 aliphatic heterocycles. The number of aryl methyl sites for hydroxylation is 1. The SMILES string of the molecule is CC(C)N1C(=O)C(=O)N(CC(=O)N2c3ccccc3CC[C@@H]2C)C1=O. The first-order valence-corrected chi connectivity index (χ1v) is 8.42. The molecule has 0 bridgehead atoms. The van der Waals surface area contributed by atoms with Crippen LogP contribution in [0.25, 0.3) is 0 Å². The standard InChI is InChI=1S/C18H21N3O4/c1-11(2)20-17(24)16(23)19(18(20)25)10-15(22)21-12(3)8-9-13-6-4-5-7-14(13)21/h4-7,11-12H,8-10H2,1-3H3/t12-/m0/s1. The highest BCUT2D eigenvalue weighted by atomic mass is 16.2. The molecule has 1 saturated heterocycles. The van der Waals surface area contributed by atoms with E-state index in [9.17, 15) is 19.2 Å². The molecule has 1 fully saturated rings. The normalized spacial score (nSPS) is 20.6. The van der Waals surface area contributed by atoms with Gasteiger partial charge in [-0.1, -0.05) is 18.2 Å². The van der Waals surface area contributed by atoms with Crippen molar-refractivity contribution in [3.8, 4) is 0 Å². The molecule has 0 spiro atoms. The van der Waals surface area contributed by atoms with Crippen molar-refractivity contribution in [2.45, 2.75) is 45.7 Å². The molecule has 0 saturated carbocycles. The summed E-state index contributed by atoms with van der Waals surface area (Å²) in [5, 5.41) is 0. The van der Waals surface area contributed by atoms with Crippen LogP contribution in [0.3, 0.4) is 0 Å². The summed E-state index contributed by atoms with van der Waals surface area (Å²) in [6.45, 7) is 4.81. The van der Waals surface area contributed by atoms with Crippen LogP contribution in [0.1, 0.15) is 32.8 Å². The van der Waals surface area contributed by atoms with E-state index in [4.69, 9.17) is 0 Å². The van der Waals surface area contributed by atoms with Gasteiger partial charge in [0.25, 0.3) is 0 Å². The number of benzene rings is 1. The van der Waals surface area contributed by atoms with Crippen LogP contribution in [0.15, 0.2) is 24.3 Å². The van der Waals surface area contributed by atoms with E-state index in [1.807, 2.05) is 31.2 Å². The minimum Gasteiger partial charge on any atom is -0.308 e. The second-order valence-electron chi connectivity index (χ2n) is 6.72. The van der Waals surface area contributed by atoms with E-state index < -0.39 is 30.4 Å². The molecule has 7 heteroatoms. The second kappa shape index (κ2) is 6.31. The Labute approximate surface area is 146 Å². The lowest BCUT2D eigenvalue weighted by Gasteiger charge is -2.36. The zero-order chi connectivity index (χ0) is 18.3. The summed E-state index contributed by atoms with van der Waals surface area (Å²) >= 11 is 0. The first-order valence-electron chi connectivity index (χ1n) is 8.42. The zero-order valence-corrected chi connectivity index (χ0v) is 14.6. The molecule has 0 unspecified atom stereocenters. The highest BCUT2D eigenvalue weighted by Crippen LogP contribution is 2.30. The summed E-state index contributed by atoms with van der Waals surface area (Å²) in [7, 11) is 0. The molecule has 132 valence electrons. The maximum atomic E-state index is 12.9. The van der Waals surface area contributed by atoms with Gasteiger partial charge in [0.2, 0.25) is 5.91 Å². The molecule has 0 radical (unpaired) electrons. The molecule has 25 heavy (non-hydrogen) atoms. The molecule has 0 aromatic heterocycles. The molecule has 0 aliphatic carbocycles. The number of carbonyl (C=O) groups excluding carboxylic acids is 4. The number of hydrogen-bond donors (Lipinski definition) is 0. The summed E-state index contributed by atoms with van der Waals surface area (Å²) in [5.74, 6) is -2.18. The van der Waals surface area contributed by atoms with E-state index in [1.54, 1.807) is 18.7 Å². The van der Waals surface area contributed by atoms with Crippen molar-refractivity contribution < 1.29 is 19.2 Å². The fourth-order valence-corrected chi connectivity index (χ4v) is 3.40. The molecule has 5 amide bonds. The smallest absolute Gasteiger partial charge is 0.308 e. The molecule has 3 rings (SSSR count). The average molecular weight is 343 g/mol. The lowest BCUT2D eigenvalue weighted by Crippen LogP contribution is -2.48. The zero-order valence-electron chi connectivity index (χ0n) is 14.6. The molecule has 2 aliphatic rings. The van der Waals surface area contributed by atoms with E-state index in [-0.39, 0.29) is 11.9 Å². The molecular weight excluding hydrogens is 322 g/mol. The number of hydrogen-bond acceptors (Lipinski definition) is 4. The number of urea groups is 1. The van der Waals surface area contributed by atoms with Gasteiger partial charge in [-0.25, -0.2) is 9.69 Å². The summed E-state index contributed by atoms with van der Waals surface area (Å²) in [6.07, 6.45) is 1.68. The third-order valence-electron chi connectivity index (χ3n) is 4.69. The first kappa shape index (κ1) is 17.1. The van der Waals surface area contributed by atoms with Crippen molar-refractivity contribution >= 4 is 29.4 Å². The molecule has 7 nitrogen and oxygen atoms in total. The number of imide groups is 2. The number of anilines is 1. The maximum absolute atomic E-state index is 12.9. The van der Waals surface area contributed by atoms with Gasteiger partial charge in [0.1, 0.15) is 6.54 Å². The molecule has 1 aromatic rings. The van der Waals surface area contributed by atoms with Crippen LogP contribution in [0, 0.1) is 0 Å². The van der Waals surface area contributed by atoms with E-state index in [0.29, 0.717) is 0 Å². The highest BCUT2D eigenvalue weighted by molar-refractivity contribution is 6.45. The molecular formula is C18H21N3O4. The van der Waals surface area contributed by atoms with Gasteiger partial charge in [0.05, 0.1) is 0 Å². The van der Waals surface area contributed by atoms with E-state index in [1.165, 1.54) is 0 Å². The van der Waals surface area contributed by atoms with Crippen molar-refractivity contribution in [3.05, 3.63) is 29.8 Å². The molecule has 1 aromatic carbocycles. The Kier molecular flexibility index (Phi) is 4.32. The van der Waals surface area contributed by atoms with E-state index >= 15 is 0 Å². The highest BCUT2D eigenvalue weighted by Gasteiger charge is 2.47. The number of amides is 5. The summed E-state index contributed by atoms with van der Waals surface area (Å²) < 4.78 is 0. The Morgan fingerprint density at radius 2 is 1.84 bits per heavy atom. The van der Waals surface area contributed by atoms with Crippen LogP contribution in [0.5, 0.6) is 0 Å². The van der Waals surface area contributed by atoms with Gasteiger partial charge in [-0.15, -0.1) is 0 Å². The van der Waals surface area contributed by atoms with Crippen molar-refractivity contribution in [2.75, 3.05) is 11.4 Å². The number of rotatable bonds is 3. The van der Waals surface area contributed by atoms with Gasteiger partial charge in [-0.05, 0) is 45.2 Å². The molecule has 0 N–H and O–H groups in total. The minimum atomic E-state index is -0.940. The van der Waals surface area contributed by atoms with Crippen LogP contribution < -0.4 is 4.90 Å². The molecule has 2 heterocycles. The van der Waals surface area contributed by atoms with Crippen LogP contribution in [0.2, 0.25) is 0 Å². The second-order valence-corrected chi connectivity index (χ2v) is 6.72. The first-order chi connectivity index (χ1) is 11.8. The topological polar surface area (TPSA) is 78.0 Å². The predicted octanol–water partition coefficient (Wildman–Crippen LogP) is 1.55. The third kappa shape index (κ3) is 2.79. The Morgan fingerprint density at radius 3 is 2.48 bits per heavy atom. The number of carbonyl (C=O) groups is 4. The lowest BCUT2D eigenvalue weighted by atomic mass is 9.96. The van der Waals surface area contributed by atoms with Crippen LogP contribution in [-0.4, -0.2) is 52.2 Å². The van der Waals surface area contributed by atoms with Crippen molar-refractivity contribution in [1.82, 2.24) is 9.80 Å². The van der Waals surface area contributed by atoms with Gasteiger partial charge < -0.3 is 4.90 Å². The Bertz CT molecular complexity index is 758. The van der Waals surface area contributed by atoms with E-state index in [0.717, 1.165) is 33.9 Å². The molecule has 1 atom stereocenters. The summed E-state index contributed by atoms with van der Waals surface area (Å²) in [4.78, 5) is 52.6. The minimum absolute atomic E-state index is 0.0351. The average Bonchev–Trinajstić information content (AvgIpc) is 2.78. The Morgan fingerprint density at radius 1 is 1.16 bits per heavy atom. The van der Waals surface area contributed by atoms with Crippen molar-refractivity contribution in [2.24, 2.45) is 0 Å². The monoisotopic (exact) mass is 343 g/mol. The van der Waals surface area contributed by atoms with Gasteiger partial charge in [-0.2, -0.15) is 0 Å². The van der Waals surface area contributed by atoms with Gasteiger partial charge >= 0.3 is 17.8 Å². The Hall–Kier alpha value is -2.70. The van der Waals surface area contributed by atoms with Gasteiger partial charge in [-0.3, -0.25) is 19.3 Å². The van der Waals surface area contributed by atoms with Crippen LogP contribution in [0.4, 0.5) is 10.5 Å².